The van der Waals surface area contributed by atoms with E-state index in [0.29, 0.717) is 12.0 Å². The monoisotopic (exact) mass is 348 g/mol. The molecule has 1 heterocycles. The Balaban J connectivity index is 1.66. The molecule has 0 spiro atoms. The highest BCUT2D eigenvalue weighted by molar-refractivity contribution is 5.95. The predicted octanol–water partition coefficient (Wildman–Crippen LogP) is 3.42. The molecule has 0 saturated carbocycles. The standard InChI is InChI=1S/C20H29FN2O2/c1-20(2,3)19(25)22-17-10-13-23(14-11-17)12-4-5-18(24)15-6-8-16(21)9-7-15/h6-9,17H,4-5,10-14H2,1-3H3,(H,22,25). The number of hydrogen-bond donors (Lipinski definition) is 1. The van der Waals surface area contributed by atoms with Crippen molar-refractivity contribution in [3.05, 3.63) is 35.6 Å². The molecule has 0 unspecified atom stereocenters. The molecule has 1 aromatic rings. The van der Waals surface area contributed by atoms with Crippen LogP contribution in [0.4, 0.5) is 4.39 Å². The second kappa shape index (κ2) is 8.56. The highest BCUT2D eigenvalue weighted by atomic mass is 19.1. The molecule has 25 heavy (non-hydrogen) atoms. The quantitative estimate of drug-likeness (QED) is 0.802. The van der Waals surface area contributed by atoms with Crippen molar-refractivity contribution in [3.8, 4) is 0 Å². The van der Waals surface area contributed by atoms with Crippen molar-refractivity contribution in [1.29, 1.82) is 0 Å². The minimum atomic E-state index is -0.349. The number of piperidine rings is 1. The van der Waals surface area contributed by atoms with Crippen molar-refractivity contribution in [2.45, 2.75) is 52.5 Å². The summed E-state index contributed by atoms with van der Waals surface area (Å²) in [4.78, 5) is 26.5. The van der Waals surface area contributed by atoms with Crippen molar-refractivity contribution >= 4 is 11.7 Å². The van der Waals surface area contributed by atoms with Gasteiger partial charge in [0.05, 0.1) is 0 Å². The number of likely N-dealkylation sites (tertiary alicyclic amines) is 1. The first kappa shape index (κ1) is 19.6. The topological polar surface area (TPSA) is 49.4 Å². The number of Topliss-reactive ketones (excluding diaryl/α,β-unsaturated/α-hetero) is 1. The zero-order valence-corrected chi connectivity index (χ0v) is 15.5. The van der Waals surface area contributed by atoms with Gasteiger partial charge in [0.15, 0.2) is 5.78 Å². The van der Waals surface area contributed by atoms with E-state index < -0.39 is 0 Å². The Labute approximate surface area is 149 Å². The number of benzene rings is 1. The fraction of sp³-hybridized carbons (Fsp3) is 0.600. The molecule has 1 N–H and O–H groups in total. The van der Waals surface area contributed by atoms with E-state index in [0.717, 1.165) is 38.9 Å². The highest BCUT2D eigenvalue weighted by Crippen LogP contribution is 2.17. The van der Waals surface area contributed by atoms with Crippen molar-refractivity contribution in [2.75, 3.05) is 19.6 Å². The molecule has 0 bridgehead atoms. The molecule has 1 amide bonds. The lowest BCUT2D eigenvalue weighted by molar-refractivity contribution is -0.129. The number of nitrogens with one attached hydrogen (secondary N) is 1. The molecule has 4 nitrogen and oxygen atoms in total. The average molecular weight is 348 g/mol. The van der Waals surface area contributed by atoms with E-state index in [4.69, 9.17) is 0 Å². The first-order chi connectivity index (χ1) is 11.8. The van der Waals surface area contributed by atoms with E-state index >= 15 is 0 Å². The van der Waals surface area contributed by atoms with Gasteiger partial charge in [-0.25, -0.2) is 4.39 Å². The third-order valence-corrected chi connectivity index (χ3v) is 4.65. The molecule has 5 heteroatoms. The summed E-state index contributed by atoms with van der Waals surface area (Å²) in [6, 6.07) is 5.99. The zero-order chi connectivity index (χ0) is 18.4. The van der Waals surface area contributed by atoms with E-state index in [1.54, 1.807) is 12.1 Å². The fourth-order valence-electron chi connectivity index (χ4n) is 2.95. The van der Waals surface area contributed by atoms with Gasteiger partial charge in [-0.15, -0.1) is 0 Å². The van der Waals surface area contributed by atoms with Gasteiger partial charge in [0.2, 0.25) is 5.91 Å². The number of nitrogens with zero attached hydrogens (tertiary/aromatic N) is 1. The summed E-state index contributed by atoms with van der Waals surface area (Å²) >= 11 is 0. The average Bonchev–Trinajstić information content (AvgIpc) is 2.56. The fourth-order valence-corrected chi connectivity index (χ4v) is 2.95. The number of carbonyl (C=O) groups is 2. The molecule has 0 aliphatic carbocycles. The molecule has 0 radical (unpaired) electrons. The van der Waals surface area contributed by atoms with Crippen molar-refractivity contribution in [3.63, 3.8) is 0 Å². The lowest BCUT2D eigenvalue weighted by Crippen LogP contribution is -2.47. The molecule has 1 aliphatic rings. The number of hydrogen-bond acceptors (Lipinski definition) is 3. The summed E-state index contributed by atoms with van der Waals surface area (Å²) < 4.78 is 12.9. The Bertz CT molecular complexity index is 585. The Hall–Kier alpha value is -1.75. The van der Waals surface area contributed by atoms with E-state index in [2.05, 4.69) is 10.2 Å². The molecule has 0 aromatic heterocycles. The summed E-state index contributed by atoms with van der Waals surface area (Å²) in [5.41, 5.74) is 0.225. The predicted molar refractivity (Wildman–Crippen MR) is 97.0 cm³/mol. The summed E-state index contributed by atoms with van der Waals surface area (Å²) in [5, 5.41) is 3.13. The number of amides is 1. The molecule has 138 valence electrons. The van der Waals surface area contributed by atoms with Crippen LogP contribution in [0.2, 0.25) is 0 Å². The van der Waals surface area contributed by atoms with Gasteiger partial charge in [-0.1, -0.05) is 20.8 Å². The molecular weight excluding hydrogens is 319 g/mol. The van der Waals surface area contributed by atoms with Crippen molar-refractivity contribution < 1.29 is 14.0 Å². The summed E-state index contributed by atoms with van der Waals surface area (Å²) in [6.45, 7) is 8.55. The summed E-state index contributed by atoms with van der Waals surface area (Å²) in [6.07, 6.45) is 3.18. The summed E-state index contributed by atoms with van der Waals surface area (Å²) in [7, 11) is 0. The molecule has 0 atom stereocenters. The minimum absolute atomic E-state index is 0.0623. The van der Waals surface area contributed by atoms with Crippen LogP contribution in [0, 0.1) is 11.2 Å². The van der Waals surface area contributed by atoms with Crippen LogP contribution in [0.5, 0.6) is 0 Å². The highest BCUT2D eigenvalue weighted by Gasteiger charge is 2.26. The Morgan fingerprint density at radius 1 is 1.16 bits per heavy atom. The van der Waals surface area contributed by atoms with Crippen LogP contribution in [-0.4, -0.2) is 42.3 Å². The van der Waals surface area contributed by atoms with Crippen LogP contribution >= 0.6 is 0 Å². The molecule has 1 fully saturated rings. The van der Waals surface area contributed by atoms with Gasteiger partial charge in [0.1, 0.15) is 5.82 Å². The molecular formula is C20H29FN2O2. The van der Waals surface area contributed by atoms with Gasteiger partial charge in [0.25, 0.3) is 0 Å². The third kappa shape index (κ3) is 6.24. The van der Waals surface area contributed by atoms with Gasteiger partial charge >= 0.3 is 0 Å². The van der Waals surface area contributed by atoms with Gasteiger partial charge in [-0.2, -0.15) is 0 Å². The number of halogens is 1. The second-order valence-electron chi connectivity index (χ2n) is 7.87. The van der Waals surface area contributed by atoms with E-state index in [1.807, 2.05) is 20.8 Å². The maximum atomic E-state index is 12.9. The van der Waals surface area contributed by atoms with Crippen LogP contribution in [0.1, 0.15) is 56.8 Å². The van der Waals surface area contributed by atoms with E-state index in [1.165, 1.54) is 12.1 Å². The summed E-state index contributed by atoms with van der Waals surface area (Å²) in [5.74, 6) is -0.152. The van der Waals surface area contributed by atoms with Gasteiger partial charge in [-0.05, 0) is 50.1 Å². The zero-order valence-electron chi connectivity index (χ0n) is 15.5. The van der Waals surface area contributed by atoms with Gasteiger partial charge < -0.3 is 10.2 Å². The molecule has 1 saturated heterocycles. The first-order valence-electron chi connectivity index (χ1n) is 9.08. The maximum Gasteiger partial charge on any atom is 0.225 e. The first-order valence-corrected chi connectivity index (χ1v) is 9.08. The van der Waals surface area contributed by atoms with Crippen LogP contribution in [0.3, 0.4) is 0 Å². The Morgan fingerprint density at radius 2 is 1.76 bits per heavy atom. The van der Waals surface area contributed by atoms with Crippen LogP contribution in [0.15, 0.2) is 24.3 Å². The Kier molecular flexibility index (Phi) is 6.71. The number of ketones is 1. The van der Waals surface area contributed by atoms with E-state index in [9.17, 15) is 14.0 Å². The Morgan fingerprint density at radius 3 is 2.32 bits per heavy atom. The van der Waals surface area contributed by atoms with Crippen LogP contribution < -0.4 is 5.32 Å². The van der Waals surface area contributed by atoms with Crippen LogP contribution in [-0.2, 0) is 4.79 Å². The minimum Gasteiger partial charge on any atom is -0.353 e. The SMILES string of the molecule is CC(C)(C)C(=O)NC1CCN(CCCC(=O)c2ccc(F)cc2)CC1. The second-order valence-corrected chi connectivity index (χ2v) is 7.87. The van der Waals surface area contributed by atoms with Crippen LogP contribution in [0.25, 0.3) is 0 Å². The molecule has 1 aromatic carbocycles. The molecule has 1 aliphatic heterocycles. The number of carbonyl (C=O) groups excluding carboxylic acids is 2. The normalized spacial score (nSPS) is 16.6. The smallest absolute Gasteiger partial charge is 0.225 e. The largest absolute Gasteiger partial charge is 0.353 e. The molecule has 2 rings (SSSR count). The van der Waals surface area contributed by atoms with Gasteiger partial charge in [-0.3, -0.25) is 9.59 Å². The lowest BCUT2D eigenvalue weighted by atomic mass is 9.94. The maximum absolute atomic E-state index is 12.9. The van der Waals surface area contributed by atoms with E-state index in [-0.39, 0.29) is 29.0 Å². The van der Waals surface area contributed by atoms with Gasteiger partial charge in [0, 0.05) is 36.5 Å². The number of rotatable bonds is 6. The van der Waals surface area contributed by atoms with Crippen molar-refractivity contribution in [2.24, 2.45) is 5.41 Å². The lowest BCUT2D eigenvalue weighted by Gasteiger charge is -2.33. The van der Waals surface area contributed by atoms with Crippen molar-refractivity contribution in [1.82, 2.24) is 10.2 Å². The third-order valence-electron chi connectivity index (χ3n) is 4.65.